The molecular formula is C12H18N6O. The lowest BCUT2D eigenvalue weighted by atomic mass is 9.85. The van der Waals surface area contributed by atoms with Crippen molar-refractivity contribution in [3.63, 3.8) is 0 Å². The number of H-pyrrole nitrogens is 1. The van der Waals surface area contributed by atoms with Crippen molar-refractivity contribution in [1.29, 1.82) is 0 Å². The van der Waals surface area contributed by atoms with Gasteiger partial charge in [-0.05, 0) is 12.8 Å². The molecule has 1 aliphatic carbocycles. The normalized spacial score (nSPS) is 18.6. The smallest absolute Gasteiger partial charge is 0.224 e. The maximum atomic E-state index is 10.5. The fourth-order valence-corrected chi connectivity index (χ4v) is 2.61. The highest BCUT2D eigenvalue weighted by Crippen LogP contribution is 2.28. The molecule has 0 aromatic carbocycles. The molecule has 1 aliphatic rings. The minimum Gasteiger partial charge on any atom is -0.388 e. The van der Waals surface area contributed by atoms with E-state index in [9.17, 15) is 5.11 Å². The van der Waals surface area contributed by atoms with Gasteiger partial charge in [0.1, 0.15) is 5.52 Å². The average Bonchev–Trinajstić information content (AvgIpc) is 2.85. The number of nitrogens with zero attached hydrogens (tertiary/aromatic N) is 3. The number of nitrogen functional groups attached to an aromatic ring is 1. The molecule has 0 spiro atoms. The molecule has 1 saturated carbocycles. The summed E-state index contributed by atoms with van der Waals surface area (Å²) in [6, 6.07) is 0. The first-order valence-electron chi connectivity index (χ1n) is 6.59. The molecule has 0 bridgehead atoms. The first kappa shape index (κ1) is 12.2. The van der Waals surface area contributed by atoms with Gasteiger partial charge < -0.3 is 21.1 Å². The van der Waals surface area contributed by atoms with Crippen LogP contribution in [0.1, 0.15) is 32.1 Å². The summed E-state index contributed by atoms with van der Waals surface area (Å²) >= 11 is 0. The predicted molar refractivity (Wildman–Crippen MR) is 72.6 cm³/mol. The molecule has 0 amide bonds. The van der Waals surface area contributed by atoms with E-state index in [-0.39, 0.29) is 5.95 Å². The van der Waals surface area contributed by atoms with Crippen LogP contribution in [0.25, 0.3) is 11.2 Å². The lowest BCUT2D eigenvalue weighted by molar-refractivity contribution is 0.0167. The molecule has 102 valence electrons. The van der Waals surface area contributed by atoms with Crippen LogP contribution >= 0.6 is 0 Å². The zero-order valence-corrected chi connectivity index (χ0v) is 10.7. The van der Waals surface area contributed by atoms with Crippen molar-refractivity contribution in [3.05, 3.63) is 6.33 Å². The average molecular weight is 262 g/mol. The first-order valence-corrected chi connectivity index (χ1v) is 6.59. The van der Waals surface area contributed by atoms with E-state index in [1.807, 2.05) is 0 Å². The summed E-state index contributed by atoms with van der Waals surface area (Å²) in [5, 5.41) is 13.6. The van der Waals surface area contributed by atoms with Crippen LogP contribution in [0.2, 0.25) is 0 Å². The molecule has 5 N–H and O–H groups in total. The van der Waals surface area contributed by atoms with E-state index >= 15 is 0 Å². The number of fused-ring (bicyclic) bond motifs is 1. The Morgan fingerprint density at radius 2 is 2.11 bits per heavy atom. The van der Waals surface area contributed by atoms with Gasteiger partial charge in [-0.25, -0.2) is 4.98 Å². The minimum absolute atomic E-state index is 0.178. The van der Waals surface area contributed by atoms with Crippen LogP contribution in [0, 0.1) is 0 Å². The third-order valence-electron chi connectivity index (χ3n) is 3.67. The third kappa shape index (κ3) is 2.46. The molecule has 7 nitrogen and oxygen atoms in total. The van der Waals surface area contributed by atoms with Gasteiger partial charge in [0, 0.05) is 6.54 Å². The van der Waals surface area contributed by atoms with Gasteiger partial charge >= 0.3 is 0 Å². The summed E-state index contributed by atoms with van der Waals surface area (Å²) in [5.41, 5.74) is 6.25. The largest absolute Gasteiger partial charge is 0.388 e. The Morgan fingerprint density at radius 1 is 1.32 bits per heavy atom. The molecule has 0 atom stereocenters. The van der Waals surface area contributed by atoms with Crippen LogP contribution in [-0.2, 0) is 0 Å². The van der Waals surface area contributed by atoms with Crippen LogP contribution < -0.4 is 11.1 Å². The van der Waals surface area contributed by atoms with E-state index in [0.717, 1.165) is 25.7 Å². The van der Waals surface area contributed by atoms with Crippen molar-refractivity contribution < 1.29 is 5.11 Å². The van der Waals surface area contributed by atoms with Crippen LogP contribution in [0.5, 0.6) is 0 Å². The van der Waals surface area contributed by atoms with Crippen molar-refractivity contribution in [3.8, 4) is 0 Å². The zero-order chi connectivity index (χ0) is 13.3. The molecule has 7 heteroatoms. The summed E-state index contributed by atoms with van der Waals surface area (Å²) in [6.45, 7) is 0.470. The summed E-state index contributed by atoms with van der Waals surface area (Å²) in [5.74, 6) is 0.775. The van der Waals surface area contributed by atoms with Gasteiger partial charge in [0.05, 0.1) is 11.9 Å². The van der Waals surface area contributed by atoms with Crippen LogP contribution in [0.4, 0.5) is 11.8 Å². The quantitative estimate of drug-likeness (QED) is 0.657. The molecular weight excluding hydrogens is 244 g/mol. The molecule has 2 heterocycles. The maximum absolute atomic E-state index is 10.5. The molecule has 2 aromatic rings. The van der Waals surface area contributed by atoms with Gasteiger partial charge in [0.15, 0.2) is 11.5 Å². The number of nitrogens with one attached hydrogen (secondary N) is 2. The van der Waals surface area contributed by atoms with Crippen LogP contribution in [-0.4, -0.2) is 37.2 Å². The Balaban J connectivity index is 1.79. The van der Waals surface area contributed by atoms with Crippen LogP contribution in [0.15, 0.2) is 6.33 Å². The Labute approximate surface area is 110 Å². The number of rotatable bonds is 3. The minimum atomic E-state index is -0.649. The molecule has 1 fully saturated rings. The number of nitrogens with two attached hydrogens (primary N) is 1. The Bertz CT molecular complexity index is 575. The highest BCUT2D eigenvalue weighted by molar-refractivity contribution is 5.83. The van der Waals surface area contributed by atoms with Gasteiger partial charge in [-0.2, -0.15) is 9.97 Å². The monoisotopic (exact) mass is 262 g/mol. The standard InChI is InChI=1S/C12H18N6O/c13-11-17-9(8-10(18-11)16-7-15-8)14-6-12(19)4-2-1-3-5-12/h7,19H,1-6H2,(H4,13,14,15,16,17,18). The summed E-state index contributed by atoms with van der Waals surface area (Å²) in [6.07, 6.45) is 6.55. The fourth-order valence-electron chi connectivity index (χ4n) is 2.61. The van der Waals surface area contributed by atoms with Crippen LogP contribution in [0.3, 0.4) is 0 Å². The number of aromatic amines is 1. The summed E-state index contributed by atoms with van der Waals surface area (Å²) in [7, 11) is 0. The molecule has 0 radical (unpaired) electrons. The van der Waals surface area contributed by atoms with E-state index in [1.54, 1.807) is 6.33 Å². The molecule has 3 rings (SSSR count). The van der Waals surface area contributed by atoms with Crippen molar-refractivity contribution >= 4 is 22.9 Å². The Morgan fingerprint density at radius 3 is 2.89 bits per heavy atom. The molecule has 0 saturated heterocycles. The highest BCUT2D eigenvalue weighted by Gasteiger charge is 2.29. The Hall–Kier alpha value is -1.89. The van der Waals surface area contributed by atoms with Crippen molar-refractivity contribution in [2.45, 2.75) is 37.7 Å². The topological polar surface area (TPSA) is 113 Å². The number of aliphatic hydroxyl groups is 1. The molecule has 0 aliphatic heterocycles. The van der Waals surface area contributed by atoms with E-state index in [1.165, 1.54) is 6.42 Å². The first-order chi connectivity index (χ1) is 9.16. The van der Waals surface area contributed by atoms with Crippen molar-refractivity contribution in [1.82, 2.24) is 19.9 Å². The maximum Gasteiger partial charge on any atom is 0.224 e. The summed E-state index contributed by atoms with van der Waals surface area (Å²) < 4.78 is 0. The van der Waals surface area contributed by atoms with Gasteiger partial charge in [0.2, 0.25) is 5.95 Å². The number of hydrogen-bond donors (Lipinski definition) is 4. The molecule has 19 heavy (non-hydrogen) atoms. The summed E-state index contributed by atoms with van der Waals surface area (Å²) in [4.78, 5) is 15.2. The van der Waals surface area contributed by atoms with Crippen molar-refractivity contribution in [2.24, 2.45) is 0 Å². The van der Waals surface area contributed by atoms with Gasteiger partial charge in [-0.15, -0.1) is 0 Å². The highest BCUT2D eigenvalue weighted by atomic mass is 16.3. The Kier molecular flexibility index (Phi) is 2.98. The number of imidazole rings is 1. The second-order valence-electron chi connectivity index (χ2n) is 5.17. The van der Waals surface area contributed by atoms with Gasteiger partial charge in [-0.1, -0.05) is 19.3 Å². The SMILES string of the molecule is Nc1nc(NCC2(O)CCCCC2)c2[nH]cnc2n1. The van der Waals surface area contributed by atoms with Gasteiger partial charge in [-0.3, -0.25) is 0 Å². The van der Waals surface area contributed by atoms with E-state index in [0.29, 0.717) is 23.5 Å². The molecule has 2 aromatic heterocycles. The number of aromatic nitrogens is 4. The lowest BCUT2D eigenvalue weighted by Crippen LogP contribution is -2.39. The predicted octanol–water partition coefficient (Wildman–Crippen LogP) is 1.04. The second kappa shape index (κ2) is 4.65. The van der Waals surface area contributed by atoms with E-state index < -0.39 is 5.60 Å². The van der Waals surface area contributed by atoms with E-state index in [2.05, 4.69) is 25.3 Å². The lowest BCUT2D eigenvalue weighted by Gasteiger charge is -2.32. The zero-order valence-electron chi connectivity index (χ0n) is 10.7. The second-order valence-corrected chi connectivity index (χ2v) is 5.17. The van der Waals surface area contributed by atoms with Gasteiger partial charge in [0.25, 0.3) is 0 Å². The number of anilines is 2. The fraction of sp³-hybridized carbons (Fsp3) is 0.583. The number of hydrogen-bond acceptors (Lipinski definition) is 6. The molecule has 0 unspecified atom stereocenters. The third-order valence-corrected chi connectivity index (χ3v) is 3.67. The van der Waals surface area contributed by atoms with Crippen molar-refractivity contribution in [2.75, 3.05) is 17.6 Å². The van der Waals surface area contributed by atoms with E-state index in [4.69, 9.17) is 5.73 Å².